The average Bonchev–Trinajstić information content (AvgIpc) is 2.56. The lowest BCUT2D eigenvalue weighted by molar-refractivity contribution is 0.318. The number of hydrogen-bond donors (Lipinski definition) is 1. The fourth-order valence-corrected chi connectivity index (χ4v) is 3.87. The van der Waals surface area contributed by atoms with E-state index in [1.54, 1.807) is 0 Å². The van der Waals surface area contributed by atoms with E-state index in [-0.39, 0.29) is 0 Å². The van der Waals surface area contributed by atoms with Gasteiger partial charge < -0.3 is 5.32 Å². The SMILES string of the molecule is CCC1(CC)CN=C(Nc2ccc3ncccc3c2)SC1. The zero-order valence-corrected chi connectivity index (χ0v) is 13.4. The number of thioether (sulfide) groups is 1. The van der Waals surface area contributed by atoms with Crippen molar-refractivity contribution in [1.82, 2.24) is 4.98 Å². The standard InChI is InChI=1S/C17H21N3S/c1-3-17(4-2)11-19-16(21-12-17)20-14-7-8-15-13(10-14)6-5-9-18-15/h5-10H,3-4,11-12H2,1-2H3,(H,19,20). The van der Waals surface area contributed by atoms with Crippen LogP contribution in [0.2, 0.25) is 0 Å². The molecule has 0 amide bonds. The second kappa shape index (κ2) is 6.06. The number of rotatable bonds is 3. The fourth-order valence-electron chi connectivity index (χ4n) is 2.58. The van der Waals surface area contributed by atoms with Crippen molar-refractivity contribution in [2.45, 2.75) is 26.7 Å². The molecule has 1 aliphatic heterocycles. The molecule has 1 aliphatic rings. The van der Waals surface area contributed by atoms with E-state index in [9.17, 15) is 0 Å². The van der Waals surface area contributed by atoms with Crippen molar-refractivity contribution in [3.63, 3.8) is 0 Å². The molecular weight excluding hydrogens is 278 g/mol. The summed E-state index contributed by atoms with van der Waals surface area (Å²) >= 11 is 1.84. The van der Waals surface area contributed by atoms with Crippen molar-refractivity contribution in [3.8, 4) is 0 Å². The zero-order valence-electron chi connectivity index (χ0n) is 12.6. The third kappa shape index (κ3) is 3.05. The summed E-state index contributed by atoms with van der Waals surface area (Å²) in [4.78, 5) is 9.10. The van der Waals surface area contributed by atoms with Gasteiger partial charge in [0.25, 0.3) is 0 Å². The zero-order chi connectivity index (χ0) is 14.7. The molecule has 1 N–H and O–H groups in total. The normalized spacial score (nSPS) is 17.5. The third-order valence-corrected chi connectivity index (χ3v) is 5.69. The van der Waals surface area contributed by atoms with Gasteiger partial charge in [0, 0.05) is 29.6 Å². The summed E-state index contributed by atoms with van der Waals surface area (Å²) in [5.74, 6) is 1.15. The lowest BCUT2D eigenvalue weighted by Gasteiger charge is -2.33. The Kier molecular flexibility index (Phi) is 4.15. The highest BCUT2D eigenvalue weighted by atomic mass is 32.2. The van der Waals surface area contributed by atoms with Gasteiger partial charge in [-0.15, -0.1) is 0 Å². The molecule has 1 aromatic carbocycles. The summed E-state index contributed by atoms with van der Waals surface area (Å²) in [6.45, 7) is 5.48. The molecule has 0 saturated heterocycles. The van der Waals surface area contributed by atoms with Crippen molar-refractivity contribution >= 4 is 33.5 Å². The summed E-state index contributed by atoms with van der Waals surface area (Å²) in [6.07, 6.45) is 4.23. The Bertz CT molecular complexity index is 662. The van der Waals surface area contributed by atoms with Gasteiger partial charge in [-0.25, -0.2) is 0 Å². The molecule has 2 aromatic rings. The maximum absolute atomic E-state index is 4.75. The Hall–Kier alpha value is -1.55. The molecular formula is C17H21N3S. The minimum atomic E-state index is 0.392. The van der Waals surface area contributed by atoms with Crippen LogP contribution in [0.15, 0.2) is 41.5 Å². The van der Waals surface area contributed by atoms with E-state index in [4.69, 9.17) is 4.99 Å². The predicted octanol–water partition coefficient (Wildman–Crippen LogP) is 4.56. The molecule has 0 atom stereocenters. The average molecular weight is 299 g/mol. The molecule has 0 fully saturated rings. The van der Waals surface area contributed by atoms with Gasteiger partial charge in [-0.3, -0.25) is 9.98 Å². The highest BCUT2D eigenvalue weighted by Gasteiger charge is 2.30. The summed E-state index contributed by atoms with van der Waals surface area (Å²) < 4.78 is 0. The lowest BCUT2D eigenvalue weighted by atomic mass is 9.84. The molecule has 21 heavy (non-hydrogen) atoms. The van der Waals surface area contributed by atoms with Gasteiger partial charge in [0.2, 0.25) is 0 Å². The van der Waals surface area contributed by atoms with Crippen LogP contribution in [-0.4, -0.2) is 22.4 Å². The third-order valence-electron chi connectivity index (χ3n) is 4.43. The first-order valence-corrected chi connectivity index (χ1v) is 8.52. The Morgan fingerprint density at radius 2 is 2.10 bits per heavy atom. The van der Waals surface area contributed by atoms with Gasteiger partial charge in [0.05, 0.1) is 5.52 Å². The van der Waals surface area contributed by atoms with Gasteiger partial charge in [-0.05, 0) is 42.5 Å². The quantitative estimate of drug-likeness (QED) is 0.903. The van der Waals surface area contributed by atoms with Crippen LogP contribution in [0, 0.1) is 5.41 Å². The van der Waals surface area contributed by atoms with Crippen LogP contribution in [0.4, 0.5) is 5.69 Å². The molecule has 0 bridgehead atoms. The second-order valence-electron chi connectivity index (χ2n) is 5.65. The Morgan fingerprint density at radius 3 is 2.81 bits per heavy atom. The smallest absolute Gasteiger partial charge is 0.161 e. The first-order valence-electron chi connectivity index (χ1n) is 7.54. The van der Waals surface area contributed by atoms with Crippen molar-refractivity contribution in [2.24, 2.45) is 10.4 Å². The number of hydrogen-bond acceptors (Lipinski definition) is 4. The number of nitrogens with zero attached hydrogens (tertiary/aromatic N) is 2. The minimum absolute atomic E-state index is 0.392. The van der Waals surface area contributed by atoms with Crippen LogP contribution in [0.1, 0.15) is 26.7 Å². The molecule has 3 rings (SSSR count). The van der Waals surface area contributed by atoms with Gasteiger partial charge in [0.15, 0.2) is 5.17 Å². The van der Waals surface area contributed by atoms with Crippen LogP contribution in [-0.2, 0) is 0 Å². The second-order valence-corrected chi connectivity index (χ2v) is 6.62. The van der Waals surface area contributed by atoms with E-state index in [0.717, 1.165) is 34.1 Å². The lowest BCUT2D eigenvalue weighted by Crippen LogP contribution is -2.32. The largest absolute Gasteiger partial charge is 0.335 e. The molecule has 4 heteroatoms. The van der Waals surface area contributed by atoms with E-state index in [1.807, 2.05) is 30.1 Å². The van der Waals surface area contributed by atoms with Gasteiger partial charge in [0.1, 0.15) is 0 Å². The molecule has 0 spiro atoms. The van der Waals surface area contributed by atoms with E-state index >= 15 is 0 Å². The van der Waals surface area contributed by atoms with Crippen molar-refractivity contribution in [2.75, 3.05) is 17.6 Å². The molecule has 1 aromatic heterocycles. The van der Waals surface area contributed by atoms with E-state index in [0.29, 0.717) is 5.41 Å². The van der Waals surface area contributed by atoms with Crippen LogP contribution >= 0.6 is 11.8 Å². The number of amidine groups is 1. The highest BCUT2D eigenvalue weighted by molar-refractivity contribution is 8.14. The molecule has 2 heterocycles. The van der Waals surface area contributed by atoms with Gasteiger partial charge in [-0.1, -0.05) is 31.7 Å². The first kappa shape index (κ1) is 14.4. The number of fused-ring (bicyclic) bond motifs is 1. The van der Waals surface area contributed by atoms with Gasteiger partial charge >= 0.3 is 0 Å². The summed E-state index contributed by atoms with van der Waals surface area (Å²) in [5.41, 5.74) is 2.50. The number of nitrogens with one attached hydrogen (secondary N) is 1. The minimum Gasteiger partial charge on any atom is -0.335 e. The van der Waals surface area contributed by atoms with Crippen LogP contribution in [0.3, 0.4) is 0 Å². The first-order chi connectivity index (χ1) is 10.2. The molecule has 0 saturated carbocycles. The summed E-state index contributed by atoms with van der Waals surface area (Å²) in [5, 5.41) is 5.63. The van der Waals surface area contributed by atoms with E-state index in [2.05, 4.69) is 42.3 Å². The van der Waals surface area contributed by atoms with E-state index in [1.165, 1.54) is 12.8 Å². The maximum Gasteiger partial charge on any atom is 0.161 e. The number of anilines is 1. The molecule has 0 radical (unpaired) electrons. The van der Waals surface area contributed by atoms with E-state index < -0.39 is 0 Å². The molecule has 0 aliphatic carbocycles. The predicted molar refractivity (Wildman–Crippen MR) is 93.1 cm³/mol. The highest BCUT2D eigenvalue weighted by Crippen LogP contribution is 2.35. The van der Waals surface area contributed by atoms with Gasteiger partial charge in [-0.2, -0.15) is 0 Å². The fraction of sp³-hybridized carbons (Fsp3) is 0.412. The summed E-state index contributed by atoms with van der Waals surface area (Å²) in [7, 11) is 0. The number of aliphatic imine (C=N–C) groups is 1. The van der Waals surface area contributed by atoms with Crippen LogP contribution < -0.4 is 5.32 Å². The van der Waals surface area contributed by atoms with Crippen molar-refractivity contribution in [1.29, 1.82) is 0 Å². The van der Waals surface area contributed by atoms with Crippen molar-refractivity contribution < 1.29 is 0 Å². The topological polar surface area (TPSA) is 37.3 Å². The Balaban J connectivity index is 1.75. The number of benzene rings is 1. The molecule has 0 unspecified atom stereocenters. The Labute approximate surface area is 130 Å². The monoisotopic (exact) mass is 299 g/mol. The number of pyridine rings is 1. The molecule has 110 valence electrons. The summed E-state index contributed by atoms with van der Waals surface area (Å²) in [6, 6.07) is 10.3. The van der Waals surface area contributed by atoms with Crippen LogP contribution in [0.5, 0.6) is 0 Å². The van der Waals surface area contributed by atoms with Crippen molar-refractivity contribution in [3.05, 3.63) is 36.5 Å². The Morgan fingerprint density at radius 1 is 1.24 bits per heavy atom. The maximum atomic E-state index is 4.75. The number of aromatic nitrogens is 1. The van der Waals surface area contributed by atoms with Crippen LogP contribution in [0.25, 0.3) is 10.9 Å². The molecule has 3 nitrogen and oxygen atoms in total.